The van der Waals surface area contributed by atoms with Gasteiger partial charge in [-0.25, -0.2) is 0 Å². The van der Waals surface area contributed by atoms with E-state index in [4.69, 9.17) is 17.3 Å². The van der Waals surface area contributed by atoms with Gasteiger partial charge in [0.2, 0.25) is 0 Å². The van der Waals surface area contributed by atoms with Gasteiger partial charge in [-0.1, -0.05) is 47.1 Å². The predicted molar refractivity (Wildman–Crippen MR) is 88.4 cm³/mol. The molecular formula is C17H18ClNS. The van der Waals surface area contributed by atoms with Crippen molar-refractivity contribution >= 4 is 23.4 Å². The average Bonchev–Trinajstić information content (AvgIpc) is 2.41. The van der Waals surface area contributed by atoms with Gasteiger partial charge in [-0.2, -0.15) is 0 Å². The van der Waals surface area contributed by atoms with E-state index in [1.165, 1.54) is 4.90 Å². The summed E-state index contributed by atoms with van der Waals surface area (Å²) in [7, 11) is 0. The molecule has 104 valence electrons. The van der Waals surface area contributed by atoms with E-state index in [1.807, 2.05) is 43.3 Å². The Morgan fingerprint density at radius 2 is 1.85 bits per heavy atom. The molecule has 0 aliphatic rings. The Labute approximate surface area is 129 Å². The number of rotatable bonds is 5. The molecule has 0 radical (unpaired) electrons. The number of benzene rings is 2. The highest BCUT2D eigenvalue weighted by Crippen LogP contribution is 2.34. The van der Waals surface area contributed by atoms with E-state index < -0.39 is 0 Å². The number of halogens is 1. The second kappa shape index (κ2) is 6.98. The summed E-state index contributed by atoms with van der Waals surface area (Å²) in [5, 5.41) is 0.751. The minimum absolute atomic E-state index is 0.0106. The monoisotopic (exact) mass is 303 g/mol. The topological polar surface area (TPSA) is 26.0 Å². The van der Waals surface area contributed by atoms with Crippen LogP contribution in [0.15, 0.2) is 70.5 Å². The molecule has 0 saturated carbocycles. The van der Waals surface area contributed by atoms with Crippen LogP contribution in [0.4, 0.5) is 0 Å². The van der Waals surface area contributed by atoms with Gasteiger partial charge in [0.15, 0.2) is 0 Å². The molecule has 2 N–H and O–H groups in total. The Balaban J connectivity index is 2.23. The lowest BCUT2D eigenvalue weighted by atomic mass is 10.0. The second-order valence-electron chi connectivity index (χ2n) is 4.86. The molecule has 0 spiro atoms. The normalized spacial score (nSPS) is 12.2. The molecular weight excluding hydrogens is 286 g/mol. The lowest BCUT2D eigenvalue weighted by Gasteiger charge is -2.16. The van der Waals surface area contributed by atoms with E-state index in [-0.39, 0.29) is 6.04 Å². The van der Waals surface area contributed by atoms with Crippen LogP contribution in [-0.2, 0) is 0 Å². The van der Waals surface area contributed by atoms with Crippen LogP contribution in [0.3, 0.4) is 0 Å². The van der Waals surface area contributed by atoms with Crippen molar-refractivity contribution in [3.05, 3.63) is 71.3 Å². The first-order valence-corrected chi connectivity index (χ1v) is 7.68. The summed E-state index contributed by atoms with van der Waals surface area (Å²) >= 11 is 7.62. The third-order valence-electron chi connectivity index (χ3n) is 2.93. The first-order valence-electron chi connectivity index (χ1n) is 6.48. The largest absolute Gasteiger partial charge is 0.324 e. The zero-order valence-electron chi connectivity index (χ0n) is 11.5. The van der Waals surface area contributed by atoms with Crippen LogP contribution in [0.5, 0.6) is 0 Å². The quantitative estimate of drug-likeness (QED) is 0.742. The van der Waals surface area contributed by atoms with Gasteiger partial charge in [-0.15, -0.1) is 6.58 Å². The highest BCUT2D eigenvalue weighted by molar-refractivity contribution is 7.99. The maximum Gasteiger partial charge on any atom is 0.0406 e. The van der Waals surface area contributed by atoms with Gasteiger partial charge in [0.25, 0.3) is 0 Å². The number of nitrogens with two attached hydrogens (primary N) is 1. The minimum Gasteiger partial charge on any atom is -0.324 e. The zero-order valence-corrected chi connectivity index (χ0v) is 13.0. The lowest BCUT2D eigenvalue weighted by Crippen LogP contribution is -2.11. The number of hydrogen-bond acceptors (Lipinski definition) is 2. The Morgan fingerprint density at radius 3 is 2.50 bits per heavy atom. The smallest absolute Gasteiger partial charge is 0.0406 e. The summed E-state index contributed by atoms with van der Waals surface area (Å²) in [5.74, 6) is 0. The van der Waals surface area contributed by atoms with Gasteiger partial charge in [-0.05, 0) is 49.2 Å². The molecule has 3 heteroatoms. The summed E-state index contributed by atoms with van der Waals surface area (Å²) in [6.45, 7) is 5.95. The van der Waals surface area contributed by atoms with E-state index in [1.54, 1.807) is 11.8 Å². The van der Waals surface area contributed by atoms with Crippen LogP contribution in [0.25, 0.3) is 0 Å². The molecule has 0 saturated heterocycles. The molecule has 0 amide bonds. The van der Waals surface area contributed by atoms with Crippen LogP contribution in [-0.4, -0.2) is 0 Å². The van der Waals surface area contributed by atoms with Crippen LogP contribution in [0.1, 0.15) is 24.9 Å². The van der Waals surface area contributed by atoms with Gasteiger partial charge in [0.1, 0.15) is 0 Å². The van der Waals surface area contributed by atoms with Crippen LogP contribution in [0, 0.1) is 0 Å². The van der Waals surface area contributed by atoms with E-state index in [9.17, 15) is 0 Å². The van der Waals surface area contributed by atoms with E-state index >= 15 is 0 Å². The summed E-state index contributed by atoms with van der Waals surface area (Å²) in [4.78, 5) is 2.34. The predicted octanol–water partition coefficient (Wildman–Crippen LogP) is 5.46. The molecule has 2 aromatic rings. The molecule has 0 aromatic heterocycles. The van der Waals surface area contributed by atoms with Crippen molar-refractivity contribution in [2.24, 2.45) is 5.73 Å². The first kappa shape index (κ1) is 15.2. The van der Waals surface area contributed by atoms with Crippen molar-refractivity contribution < 1.29 is 0 Å². The van der Waals surface area contributed by atoms with Crippen molar-refractivity contribution in [1.82, 2.24) is 0 Å². The van der Waals surface area contributed by atoms with Crippen molar-refractivity contribution in [1.29, 1.82) is 0 Å². The van der Waals surface area contributed by atoms with E-state index in [0.717, 1.165) is 27.5 Å². The Morgan fingerprint density at radius 1 is 1.20 bits per heavy atom. The third-order valence-corrected chi connectivity index (χ3v) is 4.28. The lowest BCUT2D eigenvalue weighted by molar-refractivity contribution is 0.703. The number of hydrogen-bond donors (Lipinski definition) is 1. The highest BCUT2D eigenvalue weighted by atomic mass is 35.5. The maximum atomic E-state index is 6.28. The Bertz CT molecular complexity index is 592. The van der Waals surface area contributed by atoms with Gasteiger partial charge >= 0.3 is 0 Å². The summed E-state index contributed by atoms with van der Waals surface area (Å²) in [5.41, 5.74) is 8.54. The van der Waals surface area contributed by atoms with Crippen LogP contribution in [0.2, 0.25) is 5.02 Å². The van der Waals surface area contributed by atoms with Gasteiger partial charge in [0, 0.05) is 20.9 Å². The minimum atomic E-state index is -0.0106. The Kier molecular flexibility index (Phi) is 5.30. The summed E-state index contributed by atoms with van der Waals surface area (Å²) < 4.78 is 0. The van der Waals surface area contributed by atoms with Crippen molar-refractivity contribution in [2.45, 2.75) is 29.2 Å². The van der Waals surface area contributed by atoms with Crippen molar-refractivity contribution in [3.63, 3.8) is 0 Å². The fourth-order valence-corrected chi connectivity index (χ4v) is 3.13. The second-order valence-corrected chi connectivity index (χ2v) is 6.41. The molecule has 0 aliphatic heterocycles. The standard InChI is InChI=1S/C17H18ClNS/c1-12(2)11-16(19)15-5-3-4-6-17(15)20-14-9-7-13(18)8-10-14/h3-10,16H,1,11,19H2,2H3/t16-/m1/s1. The van der Waals surface area contributed by atoms with Gasteiger partial charge in [0.05, 0.1) is 0 Å². The Hall–Kier alpha value is -1.22. The molecule has 1 atom stereocenters. The molecule has 0 bridgehead atoms. The first-order chi connectivity index (χ1) is 9.56. The van der Waals surface area contributed by atoms with E-state index in [0.29, 0.717) is 0 Å². The summed E-state index contributed by atoms with van der Waals surface area (Å²) in [6.07, 6.45) is 0.804. The molecule has 2 rings (SSSR count). The van der Waals surface area contributed by atoms with Crippen LogP contribution >= 0.6 is 23.4 Å². The van der Waals surface area contributed by atoms with Crippen molar-refractivity contribution in [2.75, 3.05) is 0 Å². The molecule has 0 heterocycles. The summed E-state index contributed by atoms with van der Waals surface area (Å²) in [6, 6.07) is 16.1. The average molecular weight is 304 g/mol. The third kappa shape index (κ3) is 4.14. The molecule has 0 aliphatic carbocycles. The molecule has 0 fully saturated rings. The van der Waals surface area contributed by atoms with Gasteiger partial charge < -0.3 is 5.73 Å². The van der Waals surface area contributed by atoms with Crippen LogP contribution < -0.4 is 5.73 Å². The van der Waals surface area contributed by atoms with Gasteiger partial charge in [-0.3, -0.25) is 0 Å². The fraction of sp³-hybridized carbons (Fsp3) is 0.176. The maximum absolute atomic E-state index is 6.28. The fourth-order valence-electron chi connectivity index (χ4n) is 1.99. The SMILES string of the molecule is C=C(C)C[C@@H](N)c1ccccc1Sc1ccc(Cl)cc1. The van der Waals surface area contributed by atoms with E-state index in [2.05, 4.69) is 18.7 Å². The van der Waals surface area contributed by atoms with Crippen molar-refractivity contribution in [3.8, 4) is 0 Å². The molecule has 2 aromatic carbocycles. The molecule has 0 unspecified atom stereocenters. The highest BCUT2D eigenvalue weighted by Gasteiger charge is 2.11. The zero-order chi connectivity index (χ0) is 14.5. The molecule has 20 heavy (non-hydrogen) atoms. The molecule has 1 nitrogen and oxygen atoms in total.